The molecule has 0 amide bonds. The van der Waals surface area contributed by atoms with Crippen molar-refractivity contribution in [3.8, 4) is 0 Å². The maximum Gasteiger partial charge on any atom is 0.00506 e. The maximum absolute atomic E-state index is 3.56. The molecule has 1 N–H and O–H groups in total. The van der Waals surface area contributed by atoms with Crippen LogP contribution in [0.2, 0.25) is 0 Å². The second-order valence-corrected chi connectivity index (χ2v) is 7.90. The van der Waals surface area contributed by atoms with Crippen LogP contribution in [0.1, 0.15) is 59.8 Å². The highest BCUT2D eigenvalue weighted by Crippen LogP contribution is 2.46. The van der Waals surface area contributed by atoms with Gasteiger partial charge in [-0.25, -0.2) is 0 Å². The van der Waals surface area contributed by atoms with Gasteiger partial charge in [-0.1, -0.05) is 27.7 Å². The summed E-state index contributed by atoms with van der Waals surface area (Å²) in [6.45, 7) is 14.5. The fourth-order valence-corrected chi connectivity index (χ4v) is 4.02. The van der Waals surface area contributed by atoms with E-state index in [-0.39, 0.29) is 0 Å². The summed E-state index contributed by atoms with van der Waals surface area (Å²) in [4.78, 5) is 2.67. The normalized spacial score (nSPS) is 24.3. The Balaban J connectivity index is 1.61. The van der Waals surface area contributed by atoms with Crippen LogP contribution in [0, 0.1) is 17.3 Å². The minimum Gasteiger partial charge on any atom is -0.315 e. The SMILES string of the molecule is CC(C)CN1CC2(CCC(CCNC(C)C)CC2)C1. The molecule has 2 heteroatoms. The molecule has 0 unspecified atom stereocenters. The third-order valence-electron chi connectivity index (χ3n) is 5.01. The fourth-order valence-electron chi connectivity index (χ4n) is 4.02. The van der Waals surface area contributed by atoms with Crippen LogP contribution in [0.4, 0.5) is 0 Å². The van der Waals surface area contributed by atoms with Gasteiger partial charge in [0.1, 0.15) is 0 Å². The zero-order valence-corrected chi connectivity index (χ0v) is 13.5. The van der Waals surface area contributed by atoms with Crippen molar-refractivity contribution >= 4 is 0 Å². The van der Waals surface area contributed by atoms with Gasteiger partial charge in [-0.2, -0.15) is 0 Å². The van der Waals surface area contributed by atoms with Gasteiger partial charge in [-0.15, -0.1) is 0 Å². The Bertz CT molecular complexity index is 256. The lowest BCUT2D eigenvalue weighted by atomic mass is 9.65. The smallest absolute Gasteiger partial charge is 0.00506 e. The highest BCUT2D eigenvalue weighted by molar-refractivity contribution is 4.97. The predicted octanol–water partition coefficient (Wildman–Crippen LogP) is 3.52. The summed E-state index contributed by atoms with van der Waals surface area (Å²) >= 11 is 0. The Hall–Kier alpha value is -0.0800. The minimum absolute atomic E-state index is 0.645. The van der Waals surface area contributed by atoms with Crippen molar-refractivity contribution in [2.75, 3.05) is 26.2 Å². The zero-order valence-electron chi connectivity index (χ0n) is 13.5. The third kappa shape index (κ3) is 4.46. The van der Waals surface area contributed by atoms with E-state index >= 15 is 0 Å². The van der Waals surface area contributed by atoms with Gasteiger partial charge in [0.2, 0.25) is 0 Å². The summed E-state index contributed by atoms with van der Waals surface area (Å²) in [5, 5.41) is 3.56. The Kier molecular flexibility index (Phi) is 5.30. The van der Waals surface area contributed by atoms with Crippen molar-refractivity contribution in [2.24, 2.45) is 17.3 Å². The second-order valence-electron chi connectivity index (χ2n) is 7.90. The topological polar surface area (TPSA) is 15.3 Å². The molecule has 1 saturated heterocycles. The summed E-state index contributed by atoms with van der Waals surface area (Å²) in [5.41, 5.74) is 0.733. The van der Waals surface area contributed by atoms with E-state index in [9.17, 15) is 0 Å². The van der Waals surface area contributed by atoms with Crippen molar-refractivity contribution in [1.29, 1.82) is 0 Å². The Morgan fingerprint density at radius 1 is 1.11 bits per heavy atom. The molecule has 1 aliphatic carbocycles. The van der Waals surface area contributed by atoms with Crippen molar-refractivity contribution in [3.63, 3.8) is 0 Å². The largest absolute Gasteiger partial charge is 0.315 e. The molecule has 0 atom stereocenters. The first-order valence-corrected chi connectivity index (χ1v) is 8.45. The molecule has 0 aromatic rings. The van der Waals surface area contributed by atoms with Crippen LogP contribution in [0.5, 0.6) is 0 Å². The first-order valence-electron chi connectivity index (χ1n) is 8.45. The molecule has 0 bridgehead atoms. The van der Waals surface area contributed by atoms with Gasteiger partial charge in [-0.3, -0.25) is 0 Å². The molecule has 1 aliphatic heterocycles. The van der Waals surface area contributed by atoms with Crippen molar-refractivity contribution in [3.05, 3.63) is 0 Å². The second kappa shape index (κ2) is 6.58. The molecule has 1 saturated carbocycles. The summed E-state index contributed by atoms with van der Waals surface area (Å²) in [6.07, 6.45) is 7.34. The standard InChI is InChI=1S/C17H34N2/c1-14(2)11-19-12-17(13-19)8-5-16(6-9-17)7-10-18-15(3)4/h14-16,18H,5-13H2,1-4H3. The van der Waals surface area contributed by atoms with Crippen molar-refractivity contribution < 1.29 is 0 Å². The van der Waals surface area contributed by atoms with E-state index in [4.69, 9.17) is 0 Å². The number of likely N-dealkylation sites (tertiary alicyclic amines) is 1. The molecular formula is C17H34N2. The highest BCUT2D eigenvalue weighted by atomic mass is 15.2. The Morgan fingerprint density at radius 2 is 1.74 bits per heavy atom. The third-order valence-corrected chi connectivity index (χ3v) is 5.01. The van der Waals surface area contributed by atoms with E-state index in [1.54, 1.807) is 0 Å². The average Bonchev–Trinajstić information content (AvgIpc) is 2.28. The average molecular weight is 266 g/mol. The monoisotopic (exact) mass is 266 g/mol. The summed E-state index contributed by atoms with van der Waals surface area (Å²) in [5.74, 6) is 1.83. The molecule has 0 radical (unpaired) electrons. The molecule has 1 spiro atoms. The molecule has 0 aromatic carbocycles. The van der Waals surface area contributed by atoms with Crippen LogP contribution in [-0.4, -0.2) is 37.1 Å². The van der Waals surface area contributed by atoms with Gasteiger partial charge in [-0.05, 0) is 55.9 Å². The van der Waals surface area contributed by atoms with E-state index in [0.717, 1.165) is 17.3 Å². The molecule has 19 heavy (non-hydrogen) atoms. The lowest BCUT2D eigenvalue weighted by Gasteiger charge is -2.54. The number of nitrogens with zero attached hydrogens (tertiary/aromatic N) is 1. The van der Waals surface area contributed by atoms with E-state index in [1.807, 2.05) is 0 Å². The molecule has 112 valence electrons. The van der Waals surface area contributed by atoms with Crippen LogP contribution in [-0.2, 0) is 0 Å². The summed E-state index contributed by atoms with van der Waals surface area (Å²) < 4.78 is 0. The Morgan fingerprint density at radius 3 is 2.26 bits per heavy atom. The highest BCUT2D eigenvalue weighted by Gasteiger charge is 2.44. The van der Waals surface area contributed by atoms with Gasteiger partial charge < -0.3 is 10.2 Å². The van der Waals surface area contributed by atoms with Crippen molar-refractivity contribution in [2.45, 2.75) is 65.8 Å². The van der Waals surface area contributed by atoms with Crippen LogP contribution >= 0.6 is 0 Å². The molecular weight excluding hydrogens is 232 g/mol. The molecule has 2 aliphatic rings. The zero-order chi connectivity index (χ0) is 13.9. The Labute approximate surface area is 120 Å². The van der Waals surface area contributed by atoms with E-state index < -0.39 is 0 Å². The van der Waals surface area contributed by atoms with Gasteiger partial charge in [0, 0.05) is 25.7 Å². The first kappa shape index (κ1) is 15.3. The number of nitrogens with one attached hydrogen (secondary N) is 1. The molecule has 2 nitrogen and oxygen atoms in total. The summed E-state index contributed by atoms with van der Waals surface area (Å²) in [6, 6.07) is 0.645. The lowest BCUT2D eigenvalue weighted by molar-refractivity contribution is -0.0439. The fraction of sp³-hybridized carbons (Fsp3) is 1.00. The molecule has 1 heterocycles. The minimum atomic E-state index is 0.645. The van der Waals surface area contributed by atoms with Crippen LogP contribution in [0.15, 0.2) is 0 Å². The predicted molar refractivity (Wildman–Crippen MR) is 83.4 cm³/mol. The number of hydrogen-bond acceptors (Lipinski definition) is 2. The molecule has 2 fully saturated rings. The van der Waals surface area contributed by atoms with Gasteiger partial charge in [0.25, 0.3) is 0 Å². The molecule has 2 rings (SSSR count). The maximum atomic E-state index is 3.56. The van der Waals surface area contributed by atoms with Crippen LogP contribution in [0.25, 0.3) is 0 Å². The number of hydrogen-bond donors (Lipinski definition) is 1. The van der Waals surface area contributed by atoms with Crippen LogP contribution < -0.4 is 5.32 Å². The first-order chi connectivity index (χ1) is 8.99. The summed E-state index contributed by atoms with van der Waals surface area (Å²) in [7, 11) is 0. The number of rotatable bonds is 6. The van der Waals surface area contributed by atoms with E-state index in [0.29, 0.717) is 6.04 Å². The van der Waals surface area contributed by atoms with Crippen LogP contribution in [0.3, 0.4) is 0 Å². The van der Waals surface area contributed by atoms with Gasteiger partial charge >= 0.3 is 0 Å². The van der Waals surface area contributed by atoms with Gasteiger partial charge in [0.15, 0.2) is 0 Å². The quantitative estimate of drug-likeness (QED) is 0.791. The van der Waals surface area contributed by atoms with Gasteiger partial charge in [0.05, 0.1) is 0 Å². The van der Waals surface area contributed by atoms with Crippen molar-refractivity contribution in [1.82, 2.24) is 10.2 Å². The lowest BCUT2D eigenvalue weighted by Crippen LogP contribution is -2.58. The van der Waals surface area contributed by atoms with E-state index in [1.165, 1.54) is 58.3 Å². The van der Waals surface area contributed by atoms with E-state index in [2.05, 4.69) is 37.9 Å². The molecule has 0 aromatic heterocycles.